The van der Waals surface area contributed by atoms with E-state index in [2.05, 4.69) is 5.32 Å². The summed E-state index contributed by atoms with van der Waals surface area (Å²) in [5.41, 5.74) is 6.34. The van der Waals surface area contributed by atoms with Crippen molar-refractivity contribution in [3.63, 3.8) is 0 Å². The van der Waals surface area contributed by atoms with Crippen molar-refractivity contribution in [1.29, 1.82) is 0 Å². The Morgan fingerprint density at radius 1 is 1.29 bits per heavy atom. The zero-order chi connectivity index (χ0) is 23.2. The van der Waals surface area contributed by atoms with Crippen molar-refractivity contribution < 1.29 is 18.0 Å². The van der Waals surface area contributed by atoms with Crippen LogP contribution in [-0.2, 0) is 26.0 Å². The van der Waals surface area contributed by atoms with Crippen LogP contribution in [0.25, 0.3) is 0 Å². The minimum Gasteiger partial charge on any atom is -0.344 e. The molecule has 0 radical (unpaired) electrons. The Labute approximate surface area is 190 Å². The molecule has 1 aliphatic rings. The van der Waals surface area contributed by atoms with E-state index in [0.717, 1.165) is 5.56 Å². The number of carbonyl (C=O) groups is 2. The van der Waals surface area contributed by atoms with Crippen molar-refractivity contribution in [2.24, 2.45) is 11.7 Å². The quantitative estimate of drug-likeness (QED) is 0.531. The minimum atomic E-state index is -3.39. The van der Waals surface area contributed by atoms with Crippen LogP contribution in [0.1, 0.15) is 32.3 Å². The first-order valence-corrected chi connectivity index (χ1v) is 12.7. The van der Waals surface area contributed by atoms with E-state index >= 15 is 0 Å². The van der Waals surface area contributed by atoms with Gasteiger partial charge in [0.05, 0.1) is 6.26 Å². The molecule has 1 fully saturated rings. The summed E-state index contributed by atoms with van der Waals surface area (Å²) in [7, 11) is -3.39. The first-order chi connectivity index (χ1) is 14.5. The fourth-order valence-electron chi connectivity index (χ4n) is 3.77. The monoisotopic (exact) mass is 472 g/mol. The molecule has 1 aliphatic heterocycles. The highest BCUT2D eigenvalue weighted by atomic mass is 35.5. The molecule has 1 aromatic rings. The Kier molecular flexibility index (Phi) is 9.29. The number of likely N-dealkylation sites (tertiary alicyclic amines) is 1. The predicted octanol–water partition coefficient (Wildman–Crippen LogP) is 1.23. The van der Waals surface area contributed by atoms with E-state index in [1.54, 1.807) is 17.0 Å². The molecule has 1 aromatic carbocycles. The number of hydrogen-bond donors (Lipinski definition) is 2. The maximum atomic E-state index is 13.3. The van der Waals surface area contributed by atoms with Crippen LogP contribution in [0.15, 0.2) is 24.3 Å². The molecule has 0 bridgehead atoms. The van der Waals surface area contributed by atoms with Crippen LogP contribution in [0, 0.1) is 5.92 Å². The van der Waals surface area contributed by atoms with Gasteiger partial charge >= 0.3 is 0 Å². The lowest BCUT2D eigenvalue weighted by Gasteiger charge is -2.29. The maximum Gasteiger partial charge on any atom is 0.245 e. The molecule has 2 amide bonds. The molecule has 2 rings (SSSR count). The Morgan fingerprint density at radius 2 is 1.94 bits per heavy atom. The molecule has 2 unspecified atom stereocenters. The number of hydrogen-bond acceptors (Lipinski definition) is 5. The second-order valence-corrected chi connectivity index (χ2v) is 10.8. The van der Waals surface area contributed by atoms with Gasteiger partial charge in [-0.05, 0) is 30.0 Å². The van der Waals surface area contributed by atoms with Gasteiger partial charge in [0.15, 0.2) is 0 Å². The van der Waals surface area contributed by atoms with Gasteiger partial charge < -0.3 is 16.0 Å². The molecule has 2 atom stereocenters. The highest BCUT2D eigenvalue weighted by Crippen LogP contribution is 2.21. The highest BCUT2D eigenvalue weighted by molar-refractivity contribution is 7.88. The van der Waals surface area contributed by atoms with Crippen molar-refractivity contribution in [3.8, 4) is 0 Å². The SMILES string of the molecule is CC(C)CN(C1CCN(C(=O)C(Cc2ccc(Cl)cc2)NC(=O)CCN)C1)S(C)(=O)=O. The Hall–Kier alpha value is -1.68. The molecule has 174 valence electrons. The summed E-state index contributed by atoms with van der Waals surface area (Å²) in [5, 5.41) is 3.38. The van der Waals surface area contributed by atoms with Gasteiger partial charge in [-0.1, -0.05) is 37.6 Å². The van der Waals surface area contributed by atoms with E-state index in [1.165, 1.54) is 10.6 Å². The number of halogens is 1. The van der Waals surface area contributed by atoms with E-state index in [9.17, 15) is 18.0 Å². The summed E-state index contributed by atoms with van der Waals surface area (Å²) in [6.07, 6.45) is 2.21. The molecule has 0 aromatic heterocycles. The summed E-state index contributed by atoms with van der Waals surface area (Å²) in [4.78, 5) is 27.1. The smallest absolute Gasteiger partial charge is 0.245 e. The molecule has 0 aliphatic carbocycles. The van der Waals surface area contributed by atoms with Crippen LogP contribution in [0.5, 0.6) is 0 Å². The third-order valence-corrected chi connectivity index (χ3v) is 6.76. The van der Waals surface area contributed by atoms with Crippen LogP contribution in [0.3, 0.4) is 0 Å². The maximum absolute atomic E-state index is 13.3. The summed E-state index contributed by atoms with van der Waals surface area (Å²) >= 11 is 5.95. The minimum absolute atomic E-state index is 0.128. The number of nitrogens with one attached hydrogen (secondary N) is 1. The van der Waals surface area contributed by atoms with Gasteiger partial charge in [-0.15, -0.1) is 0 Å². The fourth-order valence-corrected chi connectivity index (χ4v) is 5.18. The van der Waals surface area contributed by atoms with Gasteiger partial charge in [0, 0.05) is 50.1 Å². The Morgan fingerprint density at radius 3 is 2.48 bits per heavy atom. The predicted molar refractivity (Wildman–Crippen MR) is 122 cm³/mol. The van der Waals surface area contributed by atoms with Crippen molar-refractivity contribution in [3.05, 3.63) is 34.9 Å². The average Bonchev–Trinajstić information content (AvgIpc) is 3.15. The lowest BCUT2D eigenvalue weighted by atomic mass is 10.0. The number of sulfonamides is 1. The second-order valence-electron chi connectivity index (χ2n) is 8.44. The third-order valence-electron chi connectivity index (χ3n) is 5.21. The molecule has 0 spiro atoms. The zero-order valence-electron chi connectivity index (χ0n) is 18.4. The molecule has 31 heavy (non-hydrogen) atoms. The van der Waals surface area contributed by atoms with Gasteiger partial charge in [-0.25, -0.2) is 8.42 Å². The van der Waals surface area contributed by atoms with Crippen LogP contribution >= 0.6 is 11.6 Å². The summed E-state index contributed by atoms with van der Waals surface area (Å²) in [5.74, 6) is -0.336. The van der Waals surface area contributed by atoms with Crippen LogP contribution in [-0.4, -0.2) is 74.0 Å². The van der Waals surface area contributed by atoms with E-state index in [4.69, 9.17) is 17.3 Å². The molecule has 3 N–H and O–H groups in total. The Bertz CT molecular complexity index is 861. The lowest BCUT2D eigenvalue weighted by Crippen LogP contribution is -2.50. The molecule has 1 heterocycles. The van der Waals surface area contributed by atoms with Gasteiger partial charge in [0.2, 0.25) is 21.8 Å². The molecular weight excluding hydrogens is 440 g/mol. The van der Waals surface area contributed by atoms with Crippen molar-refractivity contribution >= 4 is 33.4 Å². The van der Waals surface area contributed by atoms with Gasteiger partial charge in [0.1, 0.15) is 6.04 Å². The number of nitrogens with zero attached hydrogens (tertiary/aromatic N) is 2. The number of carbonyl (C=O) groups excluding carboxylic acids is 2. The molecule has 8 nitrogen and oxygen atoms in total. The number of rotatable bonds is 10. The summed E-state index contributed by atoms with van der Waals surface area (Å²) < 4.78 is 26.1. The average molecular weight is 473 g/mol. The van der Waals surface area contributed by atoms with Crippen LogP contribution < -0.4 is 11.1 Å². The van der Waals surface area contributed by atoms with Gasteiger partial charge in [0.25, 0.3) is 0 Å². The molecule has 10 heteroatoms. The lowest BCUT2D eigenvalue weighted by molar-refractivity contribution is -0.135. The van der Waals surface area contributed by atoms with Crippen LogP contribution in [0.4, 0.5) is 0 Å². The number of amides is 2. The fraction of sp³-hybridized carbons (Fsp3) is 0.619. The van der Waals surface area contributed by atoms with Crippen molar-refractivity contribution in [2.75, 3.05) is 32.4 Å². The number of benzene rings is 1. The molecule has 1 saturated heterocycles. The molecular formula is C21H33ClN4O4S. The molecule has 0 saturated carbocycles. The normalized spacial score (nSPS) is 17.9. The first-order valence-electron chi connectivity index (χ1n) is 10.5. The largest absolute Gasteiger partial charge is 0.344 e. The highest BCUT2D eigenvalue weighted by Gasteiger charge is 2.37. The second kappa shape index (κ2) is 11.3. The topological polar surface area (TPSA) is 113 Å². The van der Waals surface area contributed by atoms with Gasteiger partial charge in [-0.3, -0.25) is 9.59 Å². The zero-order valence-corrected chi connectivity index (χ0v) is 20.0. The van der Waals surface area contributed by atoms with Crippen molar-refractivity contribution in [2.45, 2.75) is 45.2 Å². The standard InChI is InChI=1S/C21H33ClN4O4S/c1-15(2)13-26(31(3,29)30)18-9-11-25(14-18)21(28)19(24-20(27)8-10-23)12-16-4-6-17(22)7-5-16/h4-7,15,18-19H,8-14,23H2,1-3H3,(H,24,27). The van der Waals surface area contributed by atoms with Crippen molar-refractivity contribution in [1.82, 2.24) is 14.5 Å². The summed E-state index contributed by atoms with van der Waals surface area (Å²) in [6, 6.07) is 6.09. The van der Waals surface area contributed by atoms with Crippen LogP contribution in [0.2, 0.25) is 5.02 Å². The van der Waals surface area contributed by atoms with E-state index in [1.807, 2.05) is 26.0 Å². The van der Waals surface area contributed by atoms with Gasteiger partial charge in [-0.2, -0.15) is 4.31 Å². The van der Waals surface area contributed by atoms with E-state index in [-0.39, 0.29) is 36.7 Å². The number of nitrogens with two attached hydrogens (primary N) is 1. The van der Waals surface area contributed by atoms with E-state index in [0.29, 0.717) is 37.5 Å². The Balaban J connectivity index is 2.15. The summed E-state index contributed by atoms with van der Waals surface area (Å²) in [6.45, 7) is 5.28. The first kappa shape index (κ1) is 25.6. The third kappa shape index (κ3) is 7.75. The van der Waals surface area contributed by atoms with E-state index < -0.39 is 16.1 Å².